The van der Waals surface area contributed by atoms with E-state index in [9.17, 15) is 9.59 Å². The molecule has 0 aliphatic carbocycles. The minimum Gasteiger partial charge on any atom is -0.331 e. The van der Waals surface area contributed by atoms with Crippen LogP contribution in [0.5, 0.6) is 0 Å². The molecular formula is C35H41ClN4O2S. The summed E-state index contributed by atoms with van der Waals surface area (Å²) in [7, 11) is 0. The first-order valence-corrected chi connectivity index (χ1v) is 16.6. The molecular weight excluding hydrogens is 576 g/mol. The normalized spacial score (nSPS) is 17.1. The zero-order valence-electron chi connectivity index (χ0n) is 25.9. The second-order valence-electron chi connectivity index (χ2n) is 11.9. The minimum atomic E-state index is -0.138. The molecule has 0 unspecified atom stereocenters. The van der Waals surface area contributed by atoms with Crippen molar-refractivity contribution in [2.45, 2.75) is 72.9 Å². The molecule has 226 valence electrons. The summed E-state index contributed by atoms with van der Waals surface area (Å²) < 4.78 is 1.86. The van der Waals surface area contributed by atoms with Crippen LogP contribution in [0.15, 0.2) is 58.7 Å². The van der Waals surface area contributed by atoms with E-state index in [2.05, 4.69) is 65.1 Å². The van der Waals surface area contributed by atoms with Crippen molar-refractivity contribution in [3.05, 3.63) is 91.7 Å². The van der Waals surface area contributed by atoms with Crippen molar-refractivity contribution in [3.63, 3.8) is 0 Å². The molecule has 3 heterocycles. The maximum Gasteiger partial charge on any atom is 0.265 e. The van der Waals surface area contributed by atoms with E-state index in [1.165, 1.54) is 11.3 Å². The molecule has 6 nitrogen and oxygen atoms in total. The van der Waals surface area contributed by atoms with E-state index in [-0.39, 0.29) is 29.5 Å². The van der Waals surface area contributed by atoms with Gasteiger partial charge in [-0.15, -0.1) is 11.3 Å². The first-order chi connectivity index (χ1) is 20.6. The van der Waals surface area contributed by atoms with Crippen LogP contribution in [0, 0.1) is 5.92 Å². The van der Waals surface area contributed by atoms with Gasteiger partial charge in [-0.05, 0) is 68.4 Å². The van der Waals surface area contributed by atoms with Crippen molar-refractivity contribution in [1.29, 1.82) is 0 Å². The number of amides is 1. The fourth-order valence-corrected chi connectivity index (χ4v) is 7.10. The molecule has 0 radical (unpaired) electrons. The van der Waals surface area contributed by atoms with Gasteiger partial charge in [0.15, 0.2) is 0 Å². The fourth-order valence-electron chi connectivity index (χ4n) is 6.14. The highest BCUT2D eigenvalue weighted by Gasteiger charge is 2.33. The molecule has 1 saturated heterocycles. The number of carbonyl (C=O) groups is 1. The molecule has 1 N–H and O–H groups in total. The van der Waals surface area contributed by atoms with Crippen molar-refractivity contribution in [2.75, 3.05) is 13.1 Å². The van der Waals surface area contributed by atoms with E-state index < -0.39 is 0 Å². The lowest BCUT2D eigenvalue weighted by atomic mass is 9.96. The van der Waals surface area contributed by atoms with Crippen molar-refractivity contribution in [3.8, 4) is 27.5 Å². The molecule has 4 aromatic rings. The molecule has 1 amide bonds. The van der Waals surface area contributed by atoms with Crippen LogP contribution in [0.3, 0.4) is 0 Å². The van der Waals surface area contributed by atoms with Crippen LogP contribution in [0.4, 0.5) is 0 Å². The first-order valence-electron chi connectivity index (χ1n) is 15.3. The van der Waals surface area contributed by atoms with Crippen LogP contribution in [-0.4, -0.2) is 45.5 Å². The van der Waals surface area contributed by atoms with Crippen LogP contribution in [0.1, 0.15) is 68.7 Å². The fraction of sp³-hybridized carbons (Fsp3) is 0.400. The van der Waals surface area contributed by atoms with E-state index in [1.807, 2.05) is 45.2 Å². The number of nitrogens with zero attached hydrogens (tertiary/aromatic N) is 3. The van der Waals surface area contributed by atoms with Crippen molar-refractivity contribution in [1.82, 2.24) is 19.8 Å². The standard InChI is InChI=1S/C35H41ClN4O2S/c1-7-24-10-9-11-25(8-2)32(24)40-31(16-21(3)4)28(34(41)39-22(5)18-37-19-23(39)6)17-29(35(40)42)33-38-30(20-43-33)26-12-14-27(36)15-13-26/h9-15,17,20-23,37H,7-8,16,18-19H2,1-6H3/t22-,23+. The number of rotatable bonds is 8. The lowest BCUT2D eigenvalue weighted by molar-refractivity contribution is 0.0542. The lowest BCUT2D eigenvalue weighted by Crippen LogP contribution is -2.57. The number of aryl methyl sites for hydroxylation is 2. The molecule has 5 rings (SSSR count). The average molecular weight is 617 g/mol. The van der Waals surface area contributed by atoms with Crippen molar-refractivity contribution < 1.29 is 4.79 Å². The summed E-state index contributed by atoms with van der Waals surface area (Å²) in [6, 6.07) is 15.7. The monoisotopic (exact) mass is 616 g/mol. The molecule has 1 aliphatic heterocycles. The van der Waals surface area contributed by atoms with Gasteiger partial charge in [0.05, 0.1) is 22.5 Å². The summed E-state index contributed by atoms with van der Waals surface area (Å²) in [5, 5.41) is 6.65. The van der Waals surface area contributed by atoms with E-state index in [4.69, 9.17) is 16.6 Å². The number of nitrogens with one attached hydrogen (secondary N) is 1. The lowest BCUT2D eigenvalue weighted by Gasteiger charge is -2.40. The number of benzene rings is 2. The third-order valence-corrected chi connectivity index (χ3v) is 9.39. The van der Waals surface area contributed by atoms with Crippen molar-refractivity contribution in [2.24, 2.45) is 5.92 Å². The highest BCUT2D eigenvalue weighted by atomic mass is 35.5. The summed E-state index contributed by atoms with van der Waals surface area (Å²) in [6.07, 6.45) is 2.14. The van der Waals surface area contributed by atoms with Gasteiger partial charge in [-0.3, -0.25) is 14.2 Å². The minimum absolute atomic E-state index is 0.0254. The quantitative estimate of drug-likeness (QED) is 0.224. The van der Waals surface area contributed by atoms with Gasteiger partial charge in [-0.2, -0.15) is 0 Å². The number of hydrogen-bond donors (Lipinski definition) is 1. The topological polar surface area (TPSA) is 67.2 Å². The Labute approximate surface area is 263 Å². The highest BCUT2D eigenvalue weighted by Crippen LogP contribution is 2.32. The van der Waals surface area contributed by atoms with Gasteiger partial charge < -0.3 is 10.2 Å². The van der Waals surface area contributed by atoms with Crippen LogP contribution in [0.25, 0.3) is 27.5 Å². The number of halogens is 1. The zero-order chi connectivity index (χ0) is 30.8. The van der Waals surface area contributed by atoms with E-state index in [0.717, 1.165) is 59.7 Å². The Hall–Kier alpha value is -3.26. The molecule has 1 fully saturated rings. The maximum atomic E-state index is 14.8. The van der Waals surface area contributed by atoms with E-state index in [1.54, 1.807) is 0 Å². The number of para-hydroxylation sites is 1. The molecule has 2 atom stereocenters. The Bertz CT molecular complexity index is 1640. The van der Waals surface area contributed by atoms with E-state index in [0.29, 0.717) is 27.6 Å². The SMILES string of the molecule is CCc1cccc(CC)c1-n1c(CC(C)C)c(C(=O)N2[C@H](C)CNC[C@@H]2C)cc(-c2nc(-c3ccc(Cl)cc3)cs2)c1=O. The maximum absolute atomic E-state index is 14.8. The van der Waals surface area contributed by atoms with Crippen LogP contribution < -0.4 is 10.9 Å². The zero-order valence-corrected chi connectivity index (χ0v) is 27.5. The summed E-state index contributed by atoms with van der Waals surface area (Å²) in [5.74, 6) is 0.199. The predicted octanol–water partition coefficient (Wildman–Crippen LogP) is 7.43. The van der Waals surface area contributed by atoms with Gasteiger partial charge in [0.1, 0.15) is 5.01 Å². The second-order valence-corrected chi connectivity index (χ2v) is 13.2. The Morgan fingerprint density at radius 1 is 1.05 bits per heavy atom. The first kappa shape index (κ1) is 31.2. The molecule has 2 aromatic carbocycles. The average Bonchev–Trinajstić information content (AvgIpc) is 3.47. The molecule has 0 bridgehead atoms. The van der Waals surface area contributed by atoms with Gasteiger partial charge >= 0.3 is 0 Å². The van der Waals surface area contributed by atoms with Crippen molar-refractivity contribution >= 4 is 28.8 Å². The molecule has 8 heteroatoms. The molecule has 1 aliphatic rings. The van der Waals surface area contributed by atoms with Crippen LogP contribution >= 0.6 is 22.9 Å². The molecule has 43 heavy (non-hydrogen) atoms. The summed E-state index contributed by atoms with van der Waals surface area (Å²) >= 11 is 7.55. The number of thiazole rings is 1. The summed E-state index contributed by atoms with van der Waals surface area (Å²) in [5.41, 5.74) is 6.45. The number of hydrogen-bond acceptors (Lipinski definition) is 5. The Morgan fingerprint density at radius 2 is 1.67 bits per heavy atom. The molecule has 0 spiro atoms. The van der Waals surface area contributed by atoms with Gasteiger partial charge in [-0.25, -0.2) is 4.98 Å². The second kappa shape index (κ2) is 13.2. The van der Waals surface area contributed by atoms with Gasteiger partial charge in [0, 0.05) is 46.8 Å². The number of carbonyl (C=O) groups excluding carboxylic acids is 1. The molecule has 0 saturated carbocycles. The van der Waals surface area contributed by atoms with Gasteiger partial charge in [0.2, 0.25) is 0 Å². The smallest absolute Gasteiger partial charge is 0.265 e. The molecule has 2 aromatic heterocycles. The largest absolute Gasteiger partial charge is 0.331 e. The van der Waals surface area contributed by atoms with E-state index >= 15 is 0 Å². The summed E-state index contributed by atoms with van der Waals surface area (Å²) in [4.78, 5) is 36.3. The Balaban J connectivity index is 1.82. The Morgan fingerprint density at radius 3 is 2.26 bits per heavy atom. The summed E-state index contributed by atoms with van der Waals surface area (Å²) in [6.45, 7) is 14.1. The number of pyridine rings is 1. The third kappa shape index (κ3) is 6.21. The Kier molecular flexibility index (Phi) is 9.54. The number of aromatic nitrogens is 2. The van der Waals surface area contributed by atoms with Crippen LogP contribution in [0.2, 0.25) is 5.02 Å². The van der Waals surface area contributed by atoms with Gasteiger partial charge in [0.25, 0.3) is 11.5 Å². The van der Waals surface area contributed by atoms with Gasteiger partial charge in [-0.1, -0.05) is 69.6 Å². The highest BCUT2D eigenvalue weighted by molar-refractivity contribution is 7.13. The predicted molar refractivity (Wildman–Crippen MR) is 179 cm³/mol. The third-order valence-electron chi connectivity index (χ3n) is 8.26. The van der Waals surface area contributed by atoms with Crippen LogP contribution in [-0.2, 0) is 19.3 Å². The number of piperazine rings is 1.